The highest BCUT2D eigenvalue weighted by molar-refractivity contribution is 7.43. The fraction of sp³-hybridized carbons (Fsp3) is 1.00. The molecular weight excluding hydrogens is 382 g/mol. The van der Waals surface area contributed by atoms with Crippen LogP contribution in [-0.2, 0) is 18.2 Å². The first-order valence-corrected chi connectivity index (χ1v) is 7.89. The molecule has 1 aliphatic rings. The predicted molar refractivity (Wildman–Crippen MR) is 72.9 cm³/mol. The zero-order valence-corrected chi connectivity index (χ0v) is 15.2. The van der Waals surface area contributed by atoms with Crippen molar-refractivity contribution in [1.82, 2.24) is 24.6 Å². The van der Waals surface area contributed by atoms with E-state index >= 15 is 0 Å². The van der Waals surface area contributed by atoms with Crippen LogP contribution in [0, 0.1) is 0 Å². The summed E-state index contributed by atoms with van der Waals surface area (Å²) in [4.78, 5) is 41.7. The summed E-state index contributed by atoms with van der Waals surface area (Å²) >= 11 is 0. The van der Waals surface area contributed by atoms with Crippen molar-refractivity contribution >= 4 is 15.6 Å². The summed E-state index contributed by atoms with van der Waals surface area (Å²) in [5.41, 5.74) is 0. The lowest BCUT2D eigenvalue weighted by atomic mass is 9.85. The van der Waals surface area contributed by atoms with Crippen LogP contribution in [0.25, 0.3) is 0 Å². The number of hydrogen-bond donors (Lipinski definition) is 8. The number of aliphatic hydroxyl groups excluding tert-OH is 4. The molecule has 1 saturated carbocycles. The van der Waals surface area contributed by atoms with Crippen molar-refractivity contribution in [2.45, 2.75) is 36.6 Å². The molecule has 0 aromatic heterocycles. The highest BCUT2D eigenvalue weighted by atomic mass is 31.2. The minimum atomic E-state index is -5.73. The Morgan fingerprint density at radius 2 is 0.833 bits per heavy atom. The van der Waals surface area contributed by atoms with E-state index in [9.17, 15) is 49.1 Å². The standard InChI is InChI=1S/C6H14O12P2.4H3N/c7-1-2(8)5(17-19(11,12)13)4(10)6(3(1)9)18-20(14,15)16;;;;/h1-10H,(H2,11,12,13)(H2,14,15,16);4*1H3/t1?,2-,3+,4?,5-,6-;;;;/m1..../s1. The van der Waals surface area contributed by atoms with E-state index in [2.05, 4.69) is 9.05 Å². The molecule has 0 heterocycles. The van der Waals surface area contributed by atoms with Crippen LogP contribution in [0.4, 0.5) is 0 Å². The fourth-order valence-corrected chi connectivity index (χ4v) is 2.82. The van der Waals surface area contributed by atoms with E-state index in [4.69, 9.17) is 0 Å². The predicted octanol–water partition coefficient (Wildman–Crippen LogP) is -4.62. The van der Waals surface area contributed by atoms with Gasteiger partial charge < -0.3 is 82.8 Å². The van der Waals surface area contributed by atoms with Crippen LogP contribution < -0.4 is 44.2 Å². The molecule has 0 bridgehead atoms. The third-order valence-corrected chi connectivity index (χ3v) is 3.55. The molecule has 0 saturated heterocycles. The Morgan fingerprint density at radius 3 is 1.04 bits per heavy atom. The molecule has 2 unspecified atom stereocenters. The lowest BCUT2D eigenvalue weighted by molar-refractivity contribution is -0.360. The summed E-state index contributed by atoms with van der Waals surface area (Å²) < 4.78 is 28.4. The van der Waals surface area contributed by atoms with E-state index in [1.54, 1.807) is 0 Å². The third kappa shape index (κ3) is 8.32. The van der Waals surface area contributed by atoms with Crippen LogP contribution >= 0.6 is 15.6 Å². The number of phosphoric acid groups is 2. The third-order valence-electron chi connectivity index (χ3n) is 2.55. The van der Waals surface area contributed by atoms with Gasteiger partial charge in [0.1, 0.15) is 36.6 Å². The molecule has 0 aromatic rings. The van der Waals surface area contributed by atoms with Crippen LogP contribution in [0.15, 0.2) is 0 Å². The van der Waals surface area contributed by atoms with Crippen LogP contribution in [0.3, 0.4) is 0 Å². The Bertz CT molecular complexity index is 405. The van der Waals surface area contributed by atoms with Gasteiger partial charge >= 0.3 is 0 Å². The summed E-state index contributed by atoms with van der Waals surface area (Å²) in [6.07, 6.45) is -13.7. The summed E-state index contributed by atoms with van der Waals surface area (Å²) in [6, 6.07) is 0. The molecule has 1 rings (SSSR count). The van der Waals surface area contributed by atoms with Crippen LogP contribution in [0.1, 0.15) is 0 Å². The van der Waals surface area contributed by atoms with Crippen molar-refractivity contribution in [2.24, 2.45) is 0 Å². The second-order valence-electron chi connectivity index (χ2n) is 4.00. The fourth-order valence-electron chi connectivity index (χ4n) is 1.73. The second kappa shape index (κ2) is 10.8. The molecule has 0 aromatic carbocycles. The van der Waals surface area contributed by atoms with Gasteiger partial charge in [0.25, 0.3) is 0 Å². The molecular formula is C6H26N4O12P2. The van der Waals surface area contributed by atoms with Gasteiger partial charge in [-0.2, -0.15) is 0 Å². The summed E-state index contributed by atoms with van der Waals surface area (Å²) in [7, 11) is -11.5. The second-order valence-corrected chi connectivity index (χ2v) is 6.21. The number of rotatable bonds is 4. The Morgan fingerprint density at radius 1 is 0.583 bits per heavy atom. The molecule has 16 nitrogen and oxygen atoms in total. The Balaban J connectivity index is -0.000000500. The molecule has 24 heavy (non-hydrogen) atoms. The van der Waals surface area contributed by atoms with Gasteiger partial charge in [0.2, 0.25) is 0 Å². The number of phosphoric ester groups is 2. The highest BCUT2D eigenvalue weighted by Crippen LogP contribution is 2.39. The smallest absolute Gasteiger partial charge is 0.120 e. The first-order valence-electron chi connectivity index (χ1n) is 4.96. The molecule has 1 fully saturated rings. The van der Waals surface area contributed by atoms with E-state index in [-0.39, 0.29) is 24.6 Å². The first-order chi connectivity index (χ1) is 8.83. The lowest BCUT2D eigenvalue weighted by Crippen LogP contribution is -2.65. The molecule has 18 heteroatoms. The molecule has 0 radical (unpaired) electrons. The van der Waals surface area contributed by atoms with Gasteiger partial charge in [0.05, 0.1) is 15.6 Å². The Labute approximate surface area is 136 Å². The van der Waals surface area contributed by atoms with Crippen LogP contribution in [-0.4, -0.2) is 57.0 Å². The van der Waals surface area contributed by atoms with Gasteiger partial charge in [-0.25, -0.2) is 0 Å². The number of aliphatic hydroxyl groups is 4. The van der Waals surface area contributed by atoms with Crippen molar-refractivity contribution in [3.8, 4) is 0 Å². The molecule has 20 N–H and O–H groups in total. The van der Waals surface area contributed by atoms with Gasteiger partial charge in [-0.05, 0) is 0 Å². The number of quaternary nitrogens is 4. The van der Waals surface area contributed by atoms with E-state index in [0.29, 0.717) is 0 Å². The van der Waals surface area contributed by atoms with Gasteiger partial charge in [-0.1, -0.05) is 0 Å². The molecule has 1 aliphatic carbocycles. The lowest BCUT2D eigenvalue weighted by Gasteiger charge is -2.48. The van der Waals surface area contributed by atoms with Crippen molar-refractivity contribution < 1.29 is 58.2 Å². The van der Waals surface area contributed by atoms with E-state index < -0.39 is 52.3 Å². The summed E-state index contributed by atoms with van der Waals surface area (Å²) in [5, 5.41) is 37.6. The Kier molecular flexibility index (Phi) is 14.2. The largest absolute Gasteiger partial charge is 0.790 e. The minimum absolute atomic E-state index is 0. The molecule has 0 amide bonds. The van der Waals surface area contributed by atoms with Crippen LogP contribution in [0.5, 0.6) is 0 Å². The van der Waals surface area contributed by atoms with Gasteiger partial charge in [-0.15, -0.1) is 0 Å². The average molecular weight is 408 g/mol. The van der Waals surface area contributed by atoms with Crippen molar-refractivity contribution in [1.29, 1.82) is 0 Å². The zero-order valence-electron chi connectivity index (χ0n) is 13.4. The summed E-state index contributed by atoms with van der Waals surface area (Å²) in [6.45, 7) is 0. The quantitative estimate of drug-likeness (QED) is 0.203. The first kappa shape index (κ1) is 31.6. The van der Waals surface area contributed by atoms with E-state index in [0.717, 1.165) is 0 Å². The van der Waals surface area contributed by atoms with Gasteiger partial charge in [0, 0.05) is 0 Å². The van der Waals surface area contributed by atoms with Crippen LogP contribution in [0.2, 0.25) is 0 Å². The Hall–Kier alpha value is -0.100. The van der Waals surface area contributed by atoms with Crippen molar-refractivity contribution in [3.05, 3.63) is 0 Å². The molecule has 0 aliphatic heterocycles. The average Bonchev–Trinajstić information content (AvgIpc) is 2.25. The molecule has 6 atom stereocenters. The molecule has 152 valence electrons. The minimum Gasteiger partial charge on any atom is -0.790 e. The summed E-state index contributed by atoms with van der Waals surface area (Å²) in [5.74, 6) is 0. The topological polar surface area (TPSA) is 372 Å². The van der Waals surface area contributed by atoms with Crippen molar-refractivity contribution in [2.75, 3.05) is 0 Å². The van der Waals surface area contributed by atoms with E-state index in [1.807, 2.05) is 0 Å². The maximum absolute atomic E-state index is 10.4. The maximum atomic E-state index is 10.4. The normalized spacial score (nSPS) is 33.2. The van der Waals surface area contributed by atoms with Gasteiger partial charge in [0.15, 0.2) is 0 Å². The number of hydrogen-bond acceptors (Lipinski definition) is 12. The SMILES string of the molecule is O=P([O-])([O-])O[C@H]1C(O)[C@H](OP(=O)([O-])[O-])[C@@H](O)C(O)[C@H]1O.[NH4+].[NH4+].[NH4+].[NH4+]. The monoisotopic (exact) mass is 408 g/mol. The molecule has 0 spiro atoms. The van der Waals surface area contributed by atoms with Crippen molar-refractivity contribution in [3.63, 3.8) is 0 Å². The van der Waals surface area contributed by atoms with E-state index in [1.165, 1.54) is 0 Å². The maximum Gasteiger partial charge on any atom is 0.120 e. The van der Waals surface area contributed by atoms with Gasteiger partial charge in [-0.3, -0.25) is 0 Å². The zero-order chi connectivity index (χ0) is 15.9. The highest BCUT2D eigenvalue weighted by Gasteiger charge is 2.51.